The van der Waals surface area contributed by atoms with E-state index < -0.39 is 0 Å². The highest BCUT2D eigenvalue weighted by atomic mass is 16.3. The van der Waals surface area contributed by atoms with Gasteiger partial charge in [0.25, 0.3) is 0 Å². The molecule has 0 unspecified atom stereocenters. The summed E-state index contributed by atoms with van der Waals surface area (Å²) in [5.74, 6) is -0.0677. The molecule has 1 heterocycles. The zero-order valence-corrected chi connectivity index (χ0v) is 10.3. The molecular weight excluding hydrogens is 238 g/mol. The van der Waals surface area contributed by atoms with E-state index in [1.807, 2.05) is 36.4 Å². The molecule has 0 bridgehead atoms. The fourth-order valence-electron chi connectivity index (χ4n) is 2.31. The van der Waals surface area contributed by atoms with Crippen LogP contribution in [-0.4, -0.2) is 16.4 Å². The summed E-state index contributed by atoms with van der Waals surface area (Å²) in [4.78, 5) is 13.7. The summed E-state index contributed by atoms with van der Waals surface area (Å²) >= 11 is 0. The molecule has 0 saturated heterocycles. The van der Waals surface area contributed by atoms with E-state index in [9.17, 15) is 9.90 Å². The van der Waals surface area contributed by atoms with Gasteiger partial charge >= 0.3 is 0 Å². The van der Waals surface area contributed by atoms with Gasteiger partial charge in [0, 0.05) is 10.9 Å². The van der Waals surface area contributed by atoms with Crippen LogP contribution in [0.1, 0.15) is 21.5 Å². The number of fused-ring (bicyclic) bond motifs is 1. The van der Waals surface area contributed by atoms with E-state index in [1.54, 1.807) is 0 Å². The van der Waals surface area contributed by atoms with E-state index >= 15 is 0 Å². The van der Waals surface area contributed by atoms with Crippen LogP contribution in [0.25, 0.3) is 10.9 Å². The Morgan fingerprint density at radius 3 is 2.58 bits per heavy atom. The van der Waals surface area contributed by atoms with Crippen molar-refractivity contribution in [2.24, 2.45) is 0 Å². The third-order valence-electron chi connectivity index (χ3n) is 3.25. The molecule has 1 aromatic heterocycles. The Balaban J connectivity index is 2.01. The summed E-state index contributed by atoms with van der Waals surface area (Å²) in [7, 11) is 0. The number of nitrogens with one attached hydrogen (secondary N) is 1. The Morgan fingerprint density at radius 2 is 1.84 bits per heavy atom. The van der Waals surface area contributed by atoms with Crippen molar-refractivity contribution in [3.05, 3.63) is 65.2 Å². The van der Waals surface area contributed by atoms with Crippen LogP contribution in [0.4, 0.5) is 0 Å². The van der Waals surface area contributed by atoms with E-state index in [-0.39, 0.29) is 5.88 Å². The largest absolute Gasteiger partial charge is 0.494 e. The fraction of sp³-hybridized carbons (Fsp3) is 0.0625. The van der Waals surface area contributed by atoms with Gasteiger partial charge in [-0.15, -0.1) is 0 Å². The quantitative estimate of drug-likeness (QED) is 0.702. The summed E-state index contributed by atoms with van der Waals surface area (Å²) in [5, 5.41) is 10.4. The number of aromatic nitrogens is 1. The highest BCUT2D eigenvalue weighted by molar-refractivity contribution is 6.00. The number of carbonyl (C=O) groups is 1. The normalized spacial score (nSPS) is 10.7. The number of carbonyl (C=O) groups excluding carboxylic acids is 1. The average Bonchev–Trinajstić information content (AvgIpc) is 2.74. The second-order valence-electron chi connectivity index (χ2n) is 4.55. The Morgan fingerprint density at radius 1 is 1.05 bits per heavy atom. The minimum Gasteiger partial charge on any atom is -0.494 e. The van der Waals surface area contributed by atoms with Gasteiger partial charge in [-0.3, -0.25) is 4.79 Å². The lowest BCUT2D eigenvalue weighted by Crippen LogP contribution is -1.87. The maximum atomic E-state index is 10.9. The van der Waals surface area contributed by atoms with E-state index in [1.165, 1.54) is 5.56 Å². The number of benzene rings is 2. The molecule has 0 fully saturated rings. The smallest absolute Gasteiger partial charge is 0.200 e. The average molecular weight is 251 g/mol. The second kappa shape index (κ2) is 4.61. The van der Waals surface area contributed by atoms with Gasteiger partial charge in [0.05, 0.1) is 5.56 Å². The first-order chi connectivity index (χ1) is 9.28. The predicted octanol–water partition coefficient (Wildman–Crippen LogP) is 3.28. The van der Waals surface area contributed by atoms with Crippen molar-refractivity contribution in [1.29, 1.82) is 0 Å². The Bertz CT molecular complexity index is 729. The van der Waals surface area contributed by atoms with Gasteiger partial charge in [0.2, 0.25) is 0 Å². The lowest BCUT2D eigenvalue weighted by Gasteiger charge is -2.02. The highest BCUT2D eigenvalue weighted by Crippen LogP contribution is 2.26. The maximum absolute atomic E-state index is 10.9. The molecule has 19 heavy (non-hydrogen) atoms. The van der Waals surface area contributed by atoms with Gasteiger partial charge < -0.3 is 10.1 Å². The molecule has 0 aliphatic carbocycles. The van der Waals surface area contributed by atoms with Crippen molar-refractivity contribution in [3.63, 3.8) is 0 Å². The molecule has 0 aliphatic rings. The SMILES string of the molecule is O=Cc1c(O)[nH]c2cc(Cc3ccccc3)ccc12. The summed E-state index contributed by atoms with van der Waals surface area (Å²) < 4.78 is 0. The highest BCUT2D eigenvalue weighted by Gasteiger charge is 2.10. The molecule has 0 atom stereocenters. The van der Waals surface area contributed by atoms with Crippen molar-refractivity contribution in [3.8, 4) is 5.88 Å². The zero-order chi connectivity index (χ0) is 13.2. The predicted molar refractivity (Wildman–Crippen MR) is 74.6 cm³/mol. The second-order valence-corrected chi connectivity index (χ2v) is 4.55. The van der Waals surface area contributed by atoms with Crippen LogP contribution in [0.15, 0.2) is 48.5 Å². The standard InChI is InChI=1S/C16H13NO2/c18-10-14-13-7-6-12(9-15(13)17-16(14)19)8-11-4-2-1-3-5-11/h1-7,9-10,17,19H,8H2. The number of aromatic hydroxyl groups is 1. The molecule has 2 N–H and O–H groups in total. The third kappa shape index (κ3) is 2.10. The number of aromatic amines is 1. The summed E-state index contributed by atoms with van der Waals surface area (Å²) in [6.45, 7) is 0. The van der Waals surface area contributed by atoms with Crippen LogP contribution < -0.4 is 0 Å². The molecule has 0 amide bonds. The molecule has 0 spiro atoms. The van der Waals surface area contributed by atoms with Crippen LogP contribution in [0.3, 0.4) is 0 Å². The number of H-pyrrole nitrogens is 1. The van der Waals surface area contributed by atoms with Crippen molar-refractivity contribution in [1.82, 2.24) is 4.98 Å². The van der Waals surface area contributed by atoms with Crippen molar-refractivity contribution < 1.29 is 9.90 Å². The van der Waals surface area contributed by atoms with Gasteiger partial charge in [0.1, 0.15) is 0 Å². The Labute approximate surface area is 110 Å². The van der Waals surface area contributed by atoms with Crippen molar-refractivity contribution in [2.75, 3.05) is 0 Å². The minimum absolute atomic E-state index is 0.0677. The first kappa shape index (κ1) is 11.5. The fourth-order valence-corrected chi connectivity index (χ4v) is 2.31. The molecule has 3 nitrogen and oxygen atoms in total. The molecule has 0 aliphatic heterocycles. The van der Waals surface area contributed by atoms with Gasteiger partial charge in [0.15, 0.2) is 12.2 Å². The molecule has 0 saturated carbocycles. The molecule has 3 rings (SSSR count). The van der Waals surface area contributed by atoms with Gasteiger partial charge in [-0.1, -0.05) is 42.5 Å². The molecule has 2 aromatic carbocycles. The number of hydrogen-bond acceptors (Lipinski definition) is 2. The minimum atomic E-state index is -0.0677. The van der Waals surface area contributed by atoms with E-state index in [4.69, 9.17) is 0 Å². The Kier molecular flexibility index (Phi) is 2.80. The monoisotopic (exact) mass is 251 g/mol. The van der Waals surface area contributed by atoms with Crippen LogP contribution in [0.2, 0.25) is 0 Å². The number of rotatable bonds is 3. The van der Waals surface area contributed by atoms with Crippen LogP contribution in [0.5, 0.6) is 5.88 Å². The lowest BCUT2D eigenvalue weighted by atomic mass is 10.0. The summed E-state index contributed by atoms with van der Waals surface area (Å²) in [6, 6.07) is 16.0. The van der Waals surface area contributed by atoms with Gasteiger partial charge in [-0.2, -0.15) is 0 Å². The van der Waals surface area contributed by atoms with E-state index in [2.05, 4.69) is 17.1 Å². The van der Waals surface area contributed by atoms with Crippen LogP contribution >= 0.6 is 0 Å². The van der Waals surface area contributed by atoms with E-state index in [0.29, 0.717) is 11.8 Å². The molecule has 3 heteroatoms. The first-order valence-electron chi connectivity index (χ1n) is 6.10. The van der Waals surface area contributed by atoms with E-state index in [0.717, 1.165) is 22.9 Å². The van der Waals surface area contributed by atoms with Gasteiger partial charge in [-0.25, -0.2) is 0 Å². The Hall–Kier alpha value is -2.55. The van der Waals surface area contributed by atoms with Crippen molar-refractivity contribution in [2.45, 2.75) is 6.42 Å². The number of aldehydes is 1. The molecule has 94 valence electrons. The zero-order valence-electron chi connectivity index (χ0n) is 10.3. The first-order valence-corrected chi connectivity index (χ1v) is 6.10. The van der Waals surface area contributed by atoms with Crippen LogP contribution in [0, 0.1) is 0 Å². The van der Waals surface area contributed by atoms with Crippen LogP contribution in [-0.2, 0) is 6.42 Å². The summed E-state index contributed by atoms with van der Waals surface area (Å²) in [5.41, 5.74) is 3.47. The topological polar surface area (TPSA) is 53.1 Å². The number of hydrogen-bond donors (Lipinski definition) is 2. The van der Waals surface area contributed by atoms with Crippen molar-refractivity contribution >= 4 is 17.2 Å². The summed E-state index contributed by atoms with van der Waals surface area (Å²) in [6.07, 6.45) is 1.50. The third-order valence-corrected chi connectivity index (χ3v) is 3.25. The molecular formula is C16H13NO2. The molecule has 0 radical (unpaired) electrons. The molecule has 3 aromatic rings. The van der Waals surface area contributed by atoms with Gasteiger partial charge in [-0.05, 0) is 23.6 Å². The lowest BCUT2D eigenvalue weighted by molar-refractivity contribution is 0.112. The maximum Gasteiger partial charge on any atom is 0.200 e.